The van der Waals surface area contributed by atoms with E-state index in [4.69, 9.17) is 0 Å². The second-order valence-corrected chi connectivity index (χ2v) is 4.57. The van der Waals surface area contributed by atoms with Gasteiger partial charge in [0, 0.05) is 0 Å². The quantitative estimate of drug-likeness (QED) is 0.517. The lowest BCUT2D eigenvalue weighted by atomic mass is 10.4. The summed E-state index contributed by atoms with van der Waals surface area (Å²) in [7, 11) is -3.20. The topological polar surface area (TPSA) is 43.4 Å². The van der Waals surface area contributed by atoms with E-state index >= 15 is 0 Å². The fourth-order valence-corrected chi connectivity index (χ4v) is 0.909. The van der Waals surface area contributed by atoms with Crippen LogP contribution in [0.2, 0.25) is 0 Å². The Labute approximate surface area is 86.8 Å². The fraction of sp³-hybridized carbons (Fsp3) is 1.00. The van der Waals surface area contributed by atoms with Crippen molar-refractivity contribution in [2.24, 2.45) is 0 Å². The van der Waals surface area contributed by atoms with Gasteiger partial charge in [-0.1, -0.05) is 26.7 Å². The van der Waals surface area contributed by atoms with Crippen molar-refractivity contribution in [3.05, 3.63) is 0 Å². The first-order chi connectivity index (χ1) is 6.47. The molecule has 0 N–H and O–H groups in total. The smallest absolute Gasteiger partial charge is 0.264 e. The van der Waals surface area contributed by atoms with Gasteiger partial charge >= 0.3 is 0 Å². The third-order valence-corrected chi connectivity index (χ3v) is 1.88. The molecule has 0 aliphatic rings. The van der Waals surface area contributed by atoms with Gasteiger partial charge in [-0.05, 0) is 12.8 Å². The van der Waals surface area contributed by atoms with E-state index in [1.807, 2.05) is 13.8 Å². The Hall–Kier alpha value is -0.160. The zero-order valence-corrected chi connectivity index (χ0v) is 10.1. The first-order valence-electron chi connectivity index (χ1n) is 4.88. The van der Waals surface area contributed by atoms with E-state index in [9.17, 15) is 12.8 Å². The van der Waals surface area contributed by atoms with Gasteiger partial charge in [0.25, 0.3) is 10.1 Å². The predicted octanol–water partition coefficient (Wildman–Crippen LogP) is 2.52. The lowest BCUT2D eigenvalue weighted by Crippen LogP contribution is -2.03. The van der Waals surface area contributed by atoms with Gasteiger partial charge in [0.1, 0.15) is 0 Å². The van der Waals surface area contributed by atoms with Crippen LogP contribution in [0.15, 0.2) is 0 Å². The Morgan fingerprint density at radius 3 is 1.86 bits per heavy atom. The first-order valence-corrected chi connectivity index (χ1v) is 6.69. The van der Waals surface area contributed by atoms with Crippen molar-refractivity contribution in [1.29, 1.82) is 0 Å². The van der Waals surface area contributed by atoms with Crippen molar-refractivity contribution in [3.8, 4) is 0 Å². The molecule has 3 nitrogen and oxygen atoms in total. The molecule has 0 aromatic heterocycles. The van der Waals surface area contributed by atoms with E-state index in [2.05, 4.69) is 4.18 Å². The Kier molecular flexibility index (Phi) is 12.7. The molecule has 0 amide bonds. The zero-order valence-electron chi connectivity index (χ0n) is 9.25. The number of alkyl halides is 1. The molecule has 0 rings (SSSR count). The first kappa shape index (κ1) is 16.3. The van der Waals surface area contributed by atoms with Crippen LogP contribution in [-0.4, -0.2) is 28.0 Å². The van der Waals surface area contributed by atoms with Gasteiger partial charge in [-0.3, -0.25) is 8.57 Å². The van der Waals surface area contributed by atoms with Crippen LogP contribution in [0.25, 0.3) is 0 Å². The van der Waals surface area contributed by atoms with Gasteiger partial charge in [0.2, 0.25) is 0 Å². The highest BCUT2D eigenvalue weighted by Crippen LogP contribution is 1.91. The van der Waals surface area contributed by atoms with Crippen LogP contribution in [0.3, 0.4) is 0 Å². The summed E-state index contributed by atoms with van der Waals surface area (Å²) >= 11 is 0. The summed E-state index contributed by atoms with van der Waals surface area (Å²) < 4.78 is 36.0. The van der Waals surface area contributed by atoms with Crippen LogP contribution in [0, 0.1) is 0 Å². The second-order valence-electron chi connectivity index (χ2n) is 2.92. The van der Waals surface area contributed by atoms with Crippen LogP contribution < -0.4 is 0 Å². The number of hydrogen-bond donors (Lipinski definition) is 0. The maximum Gasteiger partial charge on any atom is 0.264 e. The largest absolute Gasteiger partial charge is 0.270 e. The molecule has 0 aliphatic carbocycles. The normalized spacial score (nSPS) is 10.6. The maximum atomic E-state index is 11.0. The van der Waals surface area contributed by atoms with Crippen LogP contribution in [0.1, 0.15) is 39.5 Å². The molecule has 0 fully saturated rings. The van der Waals surface area contributed by atoms with Crippen molar-refractivity contribution in [2.45, 2.75) is 39.5 Å². The SMILES string of the molecule is CCCCOS(C)(=O)=O.CCCC[18F]. The van der Waals surface area contributed by atoms with Crippen molar-refractivity contribution in [2.75, 3.05) is 19.5 Å². The Balaban J connectivity index is 0. The Morgan fingerprint density at radius 2 is 1.64 bits per heavy atom. The molecule has 0 spiro atoms. The molecule has 88 valence electrons. The fourth-order valence-electron chi connectivity index (χ4n) is 0.488. The maximum absolute atomic E-state index is 11.0. The molecule has 0 saturated carbocycles. The summed E-state index contributed by atoms with van der Waals surface area (Å²) in [5.74, 6) is 0. The van der Waals surface area contributed by atoms with Crippen molar-refractivity contribution in [3.63, 3.8) is 0 Å². The Morgan fingerprint density at radius 1 is 1.14 bits per heavy atom. The van der Waals surface area contributed by atoms with E-state index < -0.39 is 10.1 Å². The molecule has 14 heavy (non-hydrogen) atoms. The molecule has 0 aliphatic heterocycles. The molecule has 0 radical (unpaired) electrons. The van der Waals surface area contributed by atoms with Gasteiger partial charge < -0.3 is 0 Å². The predicted molar refractivity (Wildman–Crippen MR) is 56.6 cm³/mol. The van der Waals surface area contributed by atoms with Crippen LogP contribution in [0.4, 0.5) is 4.39 Å². The van der Waals surface area contributed by atoms with E-state index in [1.54, 1.807) is 0 Å². The van der Waals surface area contributed by atoms with Gasteiger partial charge in [-0.2, -0.15) is 8.42 Å². The standard InChI is InChI=1S/C5H12O3S.C4H9F/c1-3-4-5-8-9(2,6)7;1-2-3-4-5/h3-5H2,1-2H3;2-4H2,1H3/i;5-1. The lowest BCUT2D eigenvalue weighted by molar-refractivity contribution is 0.314. The molecule has 0 aromatic rings. The molecule has 0 aromatic carbocycles. The highest BCUT2D eigenvalue weighted by Gasteiger charge is 1.98. The van der Waals surface area contributed by atoms with Crippen LogP contribution >= 0.6 is 0 Å². The monoisotopic (exact) mass is 227 g/mol. The van der Waals surface area contributed by atoms with Gasteiger partial charge in [0.15, 0.2) is 0 Å². The third-order valence-electron chi connectivity index (χ3n) is 1.28. The van der Waals surface area contributed by atoms with E-state index in [-0.39, 0.29) is 6.67 Å². The number of unbranched alkanes of at least 4 members (excludes halogenated alkanes) is 2. The number of hydrogen-bond acceptors (Lipinski definition) is 3. The zero-order chi connectivity index (χ0) is 11.4. The molecule has 0 bridgehead atoms. The van der Waals surface area contributed by atoms with Crippen LogP contribution in [0.5, 0.6) is 0 Å². The Bertz CT molecular complexity index is 188. The van der Waals surface area contributed by atoms with E-state index in [0.717, 1.165) is 31.9 Å². The average Bonchev–Trinajstić information content (AvgIpc) is 2.05. The molecule has 0 unspecified atom stereocenters. The highest BCUT2D eigenvalue weighted by molar-refractivity contribution is 7.85. The second kappa shape index (κ2) is 10.9. The molecule has 0 saturated heterocycles. The summed E-state index contributed by atoms with van der Waals surface area (Å²) in [6.07, 6.45) is 4.50. The van der Waals surface area contributed by atoms with Crippen LogP contribution in [-0.2, 0) is 14.3 Å². The summed E-state index contributed by atoms with van der Waals surface area (Å²) in [5, 5.41) is 0. The van der Waals surface area contributed by atoms with Crippen molar-refractivity contribution < 1.29 is 17.0 Å². The van der Waals surface area contributed by atoms with E-state index in [1.165, 1.54) is 0 Å². The molecule has 5 heteroatoms. The number of rotatable bonds is 6. The minimum atomic E-state index is -3.20. The summed E-state index contributed by atoms with van der Waals surface area (Å²) in [6.45, 7) is 4.11. The molecule has 0 atom stereocenters. The minimum Gasteiger partial charge on any atom is -0.270 e. The summed E-state index contributed by atoms with van der Waals surface area (Å²) in [5.41, 5.74) is 0. The molecular formula is C9H21FO3S. The van der Waals surface area contributed by atoms with E-state index in [0.29, 0.717) is 6.61 Å². The minimum absolute atomic E-state index is 0.156. The summed E-state index contributed by atoms with van der Waals surface area (Å²) in [6, 6.07) is 0. The molecular weight excluding hydrogens is 206 g/mol. The number of halogens is 1. The van der Waals surface area contributed by atoms with Crippen molar-refractivity contribution in [1.82, 2.24) is 0 Å². The third kappa shape index (κ3) is 22.6. The highest BCUT2D eigenvalue weighted by atomic mass is 32.2. The van der Waals surface area contributed by atoms with Gasteiger partial charge in [-0.25, -0.2) is 0 Å². The average molecular weight is 227 g/mol. The molecule has 0 heterocycles. The lowest BCUT2D eigenvalue weighted by Gasteiger charge is -1.96. The van der Waals surface area contributed by atoms with Gasteiger partial charge in [-0.15, -0.1) is 0 Å². The van der Waals surface area contributed by atoms with Crippen molar-refractivity contribution >= 4 is 10.1 Å². The summed E-state index contributed by atoms with van der Waals surface area (Å²) in [4.78, 5) is 0. The van der Waals surface area contributed by atoms with Gasteiger partial charge in [0.05, 0.1) is 19.5 Å².